The standard InChI is InChI=1S/C34H38FN5O5/c1-21-27(19-29(41)42)31(40-16-14-34(3,4)15-17-40)30(28(37-21)20-36-32(43)33-39-38-22(2)45-33)24-7-11-26(12-8-24)44-18-13-23-5-9-25(35)10-6-23/h5-12H,13-20H2,1-4H3,(H,36,43)(H,41,42). The molecule has 2 aromatic heterocycles. The molecule has 0 atom stereocenters. The fourth-order valence-electron chi connectivity index (χ4n) is 5.55. The van der Waals surface area contributed by atoms with Crippen LogP contribution in [-0.2, 0) is 24.2 Å². The molecule has 11 heteroatoms. The number of amides is 1. The average molecular weight is 616 g/mol. The number of piperidine rings is 1. The lowest BCUT2D eigenvalue weighted by molar-refractivity contribution is -0.136. The molecule has 0 bridgehead atoms. The first kappa shape index (κ1) is 31.6. The molecule has 3 heterocycles. The second kappa shape index (κ2) is 13.5. The molecular weight excluding hydrogens is 577 g/mol. The number of pyridine rings is 1. The molecule has 0 spiro atoms. The van der Waals surface area contributed by atoms with E-state index in [2.05, 4.69) is 34.3 Å². The Labute approximate surface area is 261 Å². The Morgan fingerprint density at radius 2 is 1.73 bits per heavy atom. The summed E-state index contributed by atoms with van der Waals surface area (Å²) in [6.07, 6.45) is 2.34. The molecule has 1 fully saturated rings. The number of halogens is 1. The number of anilines is 1. The van der Waals surface area contributed by atoms with Crippen LogP contribution in [-0.4, -0.2) is 51.9 Å². The van der Waals surface area contributed by atoms with Crippen molar-refractivity contribution in [2.75, 3.05) is 24.6 Å². The smallest absolute Gasteiger partial charge is 0.309 e. The average Bonchev–Trinajstić information content (AvgIpc) is 3.44. The lowest BCUT2D eigenvalue weighted by Gasteiger charge is -2.40. The van der Waals surface area contributed by atoms with Gasteiger partial charge in [-0.1, -0.05) is 38.1 Å². The lowest BCUT2D eigenvalue weighted by Crippen LogP contribution is -2.38. The summed E-state index contributed by atoms with van der Waals surface area (Å²) in [5.74, 6) is -0.945. The Kier molecular flexibility index (Phi) is 9.45. The normalized spacial score (nSPS) is 14.3. The molecule has 0 aliphatic carbocycles. The van der Waals surface area contributed by atoms with Crippen LogP contribution in [0.5, 0.6) is 5.75 Å². The maximum Gasteiger partial charge on any atom is 0.309 e. The van der Waals surface area contributed by atoms with Crippen LogP contribution in [0.4, 0.5) is 10.1 Å². The minimum atomic E-state index is -0.942. The van der Waals surface area contributed by atoms with E-state index >= 15 is 0 Å². The van der Waals surface area contributed by atoms with Crippen molar-refractivity contribution < 1.29 is 28.2 Å². The van der Waals surface area contributed by atoms with E-state index in [0.29, 0.717) is 35.7 Å². The molecule has 1 aliphatic rings. The number of aliphatic carboxylic acids is 1. The molecule has 10 nitrogen and oxygen atoms in total. The van der Waals surface area contributed by atoms with E-state index in [1.54, 1.807) is 19.1 Å². The van der Waals surface area contributed by atoms with Crippen LogP contribution in [0.1, 0.15) is 65.8 Å². The van der Waals surface area contributed by atoms with E-state index < -0.39 is 11.9 Å². The maximum atomic E-state index is 13.2. The SMILES string of the molecule is Cc1nnc(C(=O)NCc2nc(C)c(CC(=O)O)c(N3CCC(C)(C)CC3)c2-c2ccc(OCCc3ccc(F)cc3)cc2)o1. The first-order valence-electron chi connectivity index (χ1n) is 15.0. The summed E-state index contributed by atoms with van der Waals surface area (Å²) in [5.41, 5.74) is 5.39. The van der Waals surface area contributed by atoms with E-state index in [4.69, 9.17) is 14.1 Å². The number of benzene rings is 2. The number of aromatic nitrogens is 3. The summed E-state index contributed by atoms with van der Waals surface area (Å²) in [6.45, 7) is 9.90. The number of aryl methyl sites for hydroxylation is 2. The Morgan fingerprint density at radius 1 is 1.04 bits per heavy atom. The van der Waals surface area contributed by atoms with Crippen molar-refractivity contribution in [2.24, 2.45) is 5.41 Å². The van der Waals surface area contributed by atoms with E-state index in [1.165, 1.54) is 12.1 Å². The molecule has 236 valence electrons. The second-order valence-electron chi connectivity index (χ2n) is 12.1. The minimum Gasteiger partial charge on any atom is -0.493 e. The van der Waals surface area contributed by atoms with Gasteiger partial charge in [-0.05, 0) is 60.6 Å². The predicted octanol–water partition coefficient (Wildman–Crippen LogP) is 5.69. The van der Waals surface area contributed by atoms with E-state index in [-0.39, 0.29) is 36.0 Å². The number of carbonyl (C=O) groups is 2. The molecule has 2 aromatic carbocycles. The summed E-state index contributed by atoms with van der Waals surface area (Å²) in [5, 5.41) is 20.3. The van der Waals surface area contributed by atoms with Gasteiger partial charge in [-0.3, -0.25) is 14.6 Å². The van der Waals surface area contributed by atoms with Gasteiger partial charge in [0.15, 0.2) is 0 Å². The van der Waals surface area contributed by atoms with Crippen LogP contribution < -0.4 is 15.0 Å². The number of ether oxygens (including phenoxy) is 1. The summed E-state index contributed by atoms with van der Waals surface area (Å²) < 4.78 is 24.5. The van der Waals surface area contributed by atoms with Crippen LogP contribution in [0.2, 0.25) is 0 Å². The van der Waals surface area contributed by atoms with Crippen LogP contribution in [0.3, 0.4) is 0 Å². The third kappa shape index (κ3) is 7.84. The zero-order valence-corrected chi connectivity index (χ0v) is 26.0. The highest BCUT2D eigenvalue weighted by molar-refractivity contribution is 5.90. The zero-order valence-electron chi connectivity index (χ0n) is 26.0. The van der Waals surface area contributed by atoms with Gasteiger partial charge in [0.1, 0.15) is 11.6 Å². The molecule has 45 heavy (non-hydrogen) atoms. The first-order chi connectivity index (χ1) is 21.5. The number of hydrogen-bond acceptors (Lipinski definition) is 8. The topological polar surface area (TPSA) is 131 Å². The highest BCUT2D eigenvalue weighted by atomic mass is 19.1. The van der Waals surface area contributed by atoms with Gasteiger partial charge in [0.2, 0.25) is 5.89 Å². The summed E-state index contributed by atoms with van der Waals surface area (Å²) in [4.78, 5) is 32.0. The van der Waals surface area contributed by atoms with E-state index in [0.717, 1.165) is 48.3 Å². The van der Waals surface area contributed by atoms with Gasteiger partial charge in [-0.25, -0.2) is 4.39 Å². The van der Waals surface area contributed by atoms with Crippen LogP contribution in [0.15, 0.2) is 52.9 Å². The number of hydrogen-bond donors (Lipinski definition) is 2. The van der Waals surface area contributed by atoms with Crippen molar-refractivity contribution in [2.45, 2.75) is 59.9 Å². The van der Waals surface area contributed by atoms with Gasteiger partial charge < -0.3 is 24.5 Å². The number of rotatable bonds is 11. The molecular formula is C34H38FN5O5. The van der Waals surface area contributed by atoms with Crippen LogP contribution in [0, 0.1) is 25.1 Å². The Hall–Kier alpha value is -4.80. The Morgan fingerprint density at radius 3 is 2.36 bits per heavy atom. The van der Waals surface area contributed by atoms with Crippen LogP contribution >= 0.6 is 0 Å². The van der Waals surface area contributed by atoms with Crippen molar-refractivity contribution in [3.8, 4) is 16.9 Å². The van der Waals surface area contributed by atoms with Crippen molar-refractivity contribution in [1.29, 1.82) is 0 Å². The Bertz CT molecular complexity index is 1660. The largest absolute Gasteiger partial charge is 0.493 e. The fraction of sp³-hybridized carbons (Fsp3) is 0.382. The Balaban J connectivity index is 1.49. The molecule has 1 saturated heterocycles. The summed E-state index contributed by atoms with van der Waals surface area (Å²) >= 11 is 0. The number of carboxylic acids is 1. The molecule has 4 aromatic rings. The van der Waals surface area contributed by atoms with Gasteiger partial charge in [-0.15, -0.1) is 10.2 Å². The zero-order chi connectivity index (χ0) is 32.1. The molecule has 0 saturated carbocycles. The molecule has 2 N–H and O–H groups in total. The fourth-order valence-corrected chi connectivity index (χ4v) is 5.55. The quantitative estimate of drug-likeness (QED) is 0.218. The van der Waals surface area contributed by atoms with E-state index in [1.807, 2.05) is 31.2 Å². The molecule has 1 aliphatic heterocycles. The van der Waals surface area contributed by atoms with Crippen molar-refractivity contribution in [1.82, 2.24) is 20.5 Å². The first-order valence-corrected chi connectivity index (χ1v) is 15.0. The van der Waals surface area contributed by atoms with Gasteiger partial charge in [0, 0.05) is 43.3 Å². The number of nitrogens with zero attached hydrogens (tertiary/aromatic N) is 4. The number of carbonyl (C=O) groups excluding carboxylic acids is 1. The van der Waals surface area contributed by atoms with Gasteiger partial charge in [-0.2, -0.15) is 0 Å². The third-order valence-corrected chi connectivity index (χ3v) is 8.16. The molecule has 1 amide bonds. The number of nitrogens with one attached hydrogen (secondary N) is 1. The highest BCUT2D eigenvalue weighted by Crippen LogP contribution is 2.42. The lowest BCUT2D eigenvalue weighted by atomic mass is 9.82. The summed E-state index contributed by atoms with van der Waals surface area (Å²) in [6, 6.07) is 13.9. The van der Waals surface area contributed by atoms with Crippen LogP contribution in [0.25, 0.3) is 11.1 Å². The van der Waals surface area contributed by atoms with Crippen molar-refractivity contribution in [3.05, 3.63) is 88.6 Å². The summed E-state index contributed by atoms with van der Waals surface area (Å²) in [7, 11) is 0. The van der Waals surface area contributed by atoms with E-state index in [9.17, 15) is 19.1 Å². The molecule has 0 radical (unpaired) electrons. The van der Waals surface area contributed by atoms with Gasteiger partial charge in [0.05, 0.1) is 31.0 Å². The van der Waals surface area contributed by atoms with Crippen molar-refractivity contribution >= 4 is 17.6 Å². The van der Waals surface area contributed by atoms with Gasteiger partial charge >= 0.3 is 17.8 Å². The predicted molar refractivity (Wildman–Crippen MR) is 167 cm³/mol. The minimum absolute atomic E-state index is 0.0615. The third-order valence-electron chi connectivity index (χ3n) is 8.16. The highest BCUT2D eigenvalue weighted by Gasteiger charge is 2.31. The molecule has 0 unspecified atom stereocenters. The second-order valence-corrected chi connectivity index (χ2v) is 12.1. The maximum absolute atomic E-state index is 13.2. The van der Waals surface area contributed by atoms with Crippen molar-refractivity contribution in [3.63, 3.8) is 0 Å². The number of carboxylic acid groups (broad SMARTS) is 1. The van der Waals surface area contributed by atoms with Gasteiger partial charge in [0.25, 0.3) is 0 Å². The monoisotopic (exact) mass is 615 g/mol. The molecule has 5 rings (SSSR count).